The molecular formula is C15H12F3NO3S. The summed E-state index contributed by atoms with van der Waals surface area (Å²) in [7, 11) is -4.84. The summed E-state index contributed by atoms with van der Waals surface area (Å²) >= 11 is 0. The number of hydrogen-bond acceptors (Lipinski definition) is 3. The van der Waals surface area contributed by atoms with Gasteiger partial charge in [0.15, 0.2) is 0 Å². The molecule has 0 aromatic heterocycles. The third-order valence-electron chi connectivity index (χ3n) is 2.96. The fraction of sp³-hybridized carbons (Fsp3) is 0.133. The molecule has 0 bridgehead atoms. The Labute approximate surface area is 130 Å². The SMILES string of the molecule is O=C(Cc1cccc(F)c1)Nc1ccccc1S(=O)(=O)C(F)F. The van der Waals surface area contributed by atoms with Gasteiger partial charge in [-0.25, -0.2) is 12.8 Å². The minimum atomic E-state index is -4.84. The predicted molar refractivity (Wildman–Crippen MR) is 78.4 cm³/mol. The van der Waals surface area contributed by atoms with E-state index in [9.17, 15) is 26.4 Å². The average Bonchev–Trinajstić information content (AvgIpc) is 2.47. The smallest absolute Gasteiger partial charge is 0.325 e. The van der Waals surface area contributed by atoms with Crippen LogP contribution in [0.25, 0.3) is 0 Å². The molecule has 23 heavy (non-hydrogen) atoms. The number of anilines is 1. The number of amides is 1. The van der Waals surface area contributed by atoms with Crippen LogP contribution in [0.1, 0.15) is 5.56 Å². The number of carbonyl (C=O) groups is 1. The first-order valence-electron chi connectivity index (χ1n) is 6.46. The number of hydrogen-bond donors (Lipinski definition) is 1. The third-order valence-corrected chi connectivity index (χ3v) is 4.39. The predicted octanol–water partition coefficient (Wildman–Crippen LogP) is 3.00. The van der Waals surface area contributed by atoms with Gasteiger partial charge in [0, 0.05) is 0 Å². The molecule has 0 radical (unpaired) electrons. The molecule has 0 saturated carbocycles. The number of sulfone groups is 1. The van der Waals surface area contributed by atoms with E-state index in [4.69, 9.17) is 0 Å². The van der Waals surface area contributed by atoms with Crippen molar-refractivity contribution in [1.29, 1.82) is 0 Å². The summed E-state index contributed by atoms with van der Waals surface area (Å²) in [6.07, 6.45) is -0.221. The molecule has 0 unspecified atom stereocenters. The van der Waals surface area contributed by atoms with E-state index in [1.165, 1.54) is 36.4 Å². The lowest BCUT2D eigenvalue weighted by atomic mass is 10.1. The topological polar surface area (TPSA) is 63.2 Å². The van der Waals surface area contributed by atoms with Gasteiger partial charge in [-0.15, -0.1) is 0 Å². The van der Waals surface area contributed by atoms with Crippen molar-refractivity contribution in [3.8, 4) is 0 Å². The van der Waals surface area contributed by atoms with Crippen LogP contribution in [-0.2, 0) is 21.1 Å². The Morgan fingerprint density at radius 3 is 2.43 bits per heavy atom. The van der Waals surface area contributed by atoms with Crippen molar-refractivity contribution in [2.45, 2.75) is 17.1 Å². The first-order valence-corrected chi connectivity index (χ1v) is 8.00. The van der Waals surface area contributed by atoms with Gasteiger partial charge < -0.3 is 5.32 Å². The quantitative estimate of drug-likeness (QED) is 0.908. The Bertz CT molecular complexity index is 822. The molecule has 2 rings (SSSR count). The molecule has 4 nitrogen and oxygen atoms in total. The standard InChI is InChI=1S/C15H12F3NO3S/c16-11-5-3-4-10(8-11)9-14(20)19-12-6-1-2-7-13(12)23(21,22)15(17)18/h1-8,15H,9H2,(H,19,20). The van der Waals surface area contributed by atoms with Crippen LogP contribution in [0.5, 0.6) is 0 Å². The monoisotopic (exact) mass is 343 g/mol. The number of para-hydroxylation sites is 1. The molecule has 1 amide bonds. The molecule has 0 heterocycles. The van der Waals surface area contributed by atoms with Gasteiger partial charge in [-0.05, 0) is 29.8 Å². The van der Waals surface area contributed by atoms with Crippen LogP contribution in [0, 0.1) is 5.82 Å². The maximum Gasteiger partial charge on any atom is 0.341 e. The van der Waals surface area contributed by atoms with Crippen LogP contribution in [0.3, 0.4) is 0 Å². The zero-order valence-electron chi connectivity index (χ0n) is 11.7. The first kappa shape index (κ1) is 17.0. The Morgan fingerprint density at radius 2 is 1.78 bits per heavy atom. The van der Waals surface area contributed by atoms with Crippen LogP contribution in [-0.4, -0.2) is 20.1 Å². The molecule has 1 N–H and O–H groups in total. The van der Waals surface area contributed by atoms with Crippen molar-refractivity contribution in [1.82, 2.24) is 0 Å². The third kappa shape index (κ3) is 4.10. The van der Waals surface area contributed by atoms with Crippen LogP contribution >= 0.6 is 0 Å². The fourth-order valence-electron chi connectivity index (χ4n) is 1.94. The van der Waals surface area contributed by atoms with Gasteiger partial charge in [-0.3, -0.25) is 4.79 Å². The molecule has 0 atom stereocenters. The van der Waals surface area contributed by atoms with Crippen molar-refractivity contribution in [2.75, 3.05) is 5.32 Å². The summed E-state index contributed by atoms with van der Waals surface area (Å²) in [5.41, 5.74) is 0.130. The Morgan fingerprint density at radius 1 is 1.09 bits per heavy atom. The van der Waals surface area contributed by atoms with Crippen LogP contribution in [0.2, 0.25) is 0 Å². The number of alkyl halides is 2. The Kier molecular flexibility index (Phi) is 5.05. The molecule has 0 aliphatic carbocycles. The minimum absolute atomic E-state index is 0.221. The van der Waals surface area contributed by atoms with Gasteiger partial charge in [0.1, 0.15) is 5.82 Å². The lowest BCUT2D eigenvalue weighted by Crippen LogP contribution is -2.19. The van der Waals surface area contributed by atoms with Crippen LogP contribution in [0.4, 0.5) is 18.9 Å². The number of rotatable bonds is 5. The number of nitrogens with one attached hydrogen (secondary N) is 1. The summed E-state index contributed by atoms with van der Waals surface area (Å²) in [6.45, 7) is 0. The fourth-order valence-corrected chi connectivity index (χ4v) is 2.83. The molecule has 0 aliphatic rings. The molecule has 0 aliphatic heterocycles. The molecule has 0 spiro atoms. The molecule has 8 heteroatoms. The van der Waals surface area contributed by atoms with Crippen LogP contribution < -0.4 is 5.32 Å². The normalized spacial score (nSPS) is 11.5. The van der Waals surface area contributed by atoms with Gasteiger partial charge in [0.05, 0.1) is 17.0 Å². The van der Waals surface area contributed by atoms with Crippen molar-refractivity contribution in [3.63, 3.8) is 0 Å². The number of carbonyl (C=O) groups excluding carboxylic acids is 1. The van der Waals surface area contributed by atoms with Gasteiger partial charge in [0.25, 0.3) is 0 Å². The highest BCUT2D eigenvalue weighted by Gasteiger charge is 2.29. The van der Waals surface area contributed by atoms with E-state index < -0.39 is 32.2 Å². The maximum atomic E-state index is 13.1. The summed E-state index contributed by atoms with van der Waals surface area (Å²) in [5.74, 6) is -4.76. The van der Waals surface area contributed by atoms with E-state index in [1.54, 1.807) is 0 Å². The molecule has 122 valence electrons. The molecule has 0 saturated heterocycles. The second-order valence-electron chi connectivity index (χ2n) is 4.66. The van der Waals surface area contributed by atoms with Crippen molar-refractivity contribution < 1.29 is 26.4 Å². The second-order valence-corrected chi connectivity index (χ2v) is 6.54. The summed E-state index contributed by atoms with van der Waals surface area (Å²) in [5, 5.41) is 2.27. The van der Waals surface area contributed by atoms with Crippen molar-refractivity contribution >= 4 is 21.4 Å². The van der Waals surface area contributed by atoms with Gasteiger partial charge in [-0.2, -0.15) is 8.78 Å². The number of benzene rings is 2. The maximum absolute atomic E-state index is 13.1. The van der Waals surface area contributed by atoms with E-state index in [0.717, 1.165) is 12.1 Å². The molecule has 0 fully saturated rings. The summed E-state index contributed by atoms with van der Waals surface area (Å²) in [4.78, 5) is 11.3. The average molecular weight is 343 g/mol. The Balaban J connectivity index is 2.22. The molecule has 2 aromatic carbocycles. The van der Waals surface area contributed by atoms with E-state index in [-0.39, 0.29) is 12.1 Å². The largest absolute Gasteiger partial charge is 0.341 e. The van der Waals surface area contributed by atoms with E-state index in [1.807, 2.05) is 0 Å². The Hall–Kier alpha value is -2.35. The van der Waals surface area contributed by atoms with Gasteiger partial charge in [0.2, 0.25) is 15.7 Å². The summed E-state index contributed by atoms with van der Waals surface area (Å²) in [6, 6.07) is 10.2. The van der Waals surface area contributed by atoms with Crippen LogP contribution in [0.15, 0.2) is 53.4 Å². The van der Waals surface area contributed by atoms with Gasteiger partial charge >= 0.3 is 5.76 Å². The minimum Gasteiger partial charge on any atom is -0.325 e. The summed E-state index contributed by atoms with van der Waals surface area (Å²) < 4.78 is 61.6. The zero-order chi connectivity index (χ0) is 17.0. The second kappa shape index (κ2) is 6.82. The molecular weight excluding hydrogens is 331 g/mol. The lowest BCUT2D eigenvalue weighted by Gasteiger charge is -2.11. The van der Waals surface area contributed by atoms with E-state index in [2.05, 4.69) is 5.32 Å². The van der Waals surface area contributed by atoms with Gasteiger partial charge in [-0.1, -0.05) is 24.3 Å². The lowest BCUT2D eigenvalue weighted by molar-refractivity contribution is -0.115. The first-order chi connectivity index (χ1) is 10.8. The highest BCUT2D eigenvalue weighted by molar-refractivity contribution is 7.91. The van der Waals surface area contributed by atoms with Crippen molar-refractivity contribution in [2.24, 2.45) is 0 Å². The highest BCUT2D eigenvalue weighted by atomic mass is 32.2. The zero-order valence-corrected chi connectivity index (χ0v) is 12.5. The van der Waals surface area contributed by atoms with Crippen molar-refractivity contribution in [3.05, 3.63) is 59.9 Å². The molecule has 2 aromatic rings. The van der Waals surface area contributed by atoms with E-state index in [0.29, 0.717) is 5.56 Å². The highest BCUT2D eigenvalue weighted by Crippen LogP contribution is 2.26. The number of halogens is 3. The van der Waals surface area contributed by atoms with E-state index >= 15 is 0 Å².